The normalized spacial score (nSPS) is 24.4. The van der Waals surface area contributed by atoms with Gasteiger partial charge < -0.3 is 4.84 Å². The first kappa shape index (κ1) is 19.2. The van der Waals surface area contributed by atoms with Crippen molar-refractivity contribution in [2.75, 3.05) is 0 Å². The number of benzene rings is 2. The zero-order valence-corrected chi connectivity index (χ0v) is 17.0. The molecule has 1 heterocycles. The molecule has 2 atom stereocenters. The van der Waals surface area contributed by atoms with Crippen molar-refractivity contribution in [3.8, 4) is 12.1 Å². The lowest BCUT2D eigenvalue weighted by Gasteiger charge is -2.19. The molecule has 1 saturated carbocycles. The average molecular weight is 404 g/mol. The summed E-state index contributed by atoms with van der Waals surface area (Å²) < 4.78 is 0. The smallest absolute Gasteiger partial charge is 0.317 e. The second-order valence-corrected chi connectivity index (χ2v) is 8.91. The zero-order chi connectivity index (χ0) is 21.0. The van der Waals surface area contributed by atoms with E-state index >= 15 is 0 Å². The Balaban J connectivity index is 1.86. The molecule has 1 fully saturated rings. The maximum atomic E-state index is 12.9. The molecule has 1 aliphatic heterocycles. The van der Waals surface area contributed by atoms with Crippen LogP contribution in [0.5, 0.6) is 0 Å². The molecular formula is C23H18ClN3O2. The summed E-state index contributed by atoms with van der Waals surface area (Å²) in [5.41, 5.74) is -0.312. The van der Waals surface area contributed by atoms with E-state index in [2.05, 4.69) is 38.1 Å². The van der Waals surface area contributed by atoms with E-state index in [4.69, 9.17) is 16.4 Å². The van der Waals surface area contributed by atoms with Crippen LogP contribution in [0.25, 0.3) is 0 Å². The van der Waals surface area contributed by atoms with Gasteiger partial charge in [0.05, 0.1) is 12.1 Å². The highest BCUT2D eigenvalue weighted by molar-refractivity contribution is 6.31. The van der Waals surface area contributed by atoms with Crippen molar-refractivity contribution >= 4 is 23.3 Å². The number of carbonyl (C=O) groups is 1. The summed E-state index contributed by atoms with van der Waals surface area (Å²) in [5, 5.41) is 24.4. The lowest BCUT2D eigenvalue weighted by atomic mass is 9.85. The zero-order valence-electron chi connectivity index (χ0n) is 16.2. The molecule has 4 rings (SSSR count). The minimum atomic E-state index is -1.58. The molecule has 2 unspecified atom stereocenters. The van der Waals surface area contributed by atoms with Gasteiger partial charge >= 0.3 is 5.97 Å². The van der Waals surface area contributed by atoms with Crippen LogP contribution in [0.3, 0.4) is 0 Å². The Hall–Kier alpha value is -3.15. The predicted molar refractivity (Wildman–Crippen MR) is 108 cm³/mol. The Labute approximate surface area is 174 Å². The Morgan fingerprint density at radius 1 is 1.03 bits per heavy atom. The van der Waals surface area contributed by atoms with E-state index in [0.29, 0.717) is 16.3 Å². The first-order valence-electron chi connectivity index (χ1n) is 9.21. The molecule has 6 heteroatoms. The highest BCUT2D eigenvalue weighted by atomic mass is 35.5. The van der Waals surface area contributed by atoms with Gasteiger partial charge in [-0.1, -0.05) is 73.9 Å². The third-order valence-electron chi connectivity index (χ3n) is 5.90. The fraction of sp³-hybridized carbons (Fsp3) is 0.304. The van der Waals surface area contributed by atoms with Gasteiger partial charge in [0.25, 0.3) is 0 Å². The van der Waals surface area contributed by atoms with Gasteiger partial charge in [0.1, 0.15) is 5.71 Å². The van der Waals surface area contributed by atoms with Gasteiger partial charge in [-0.15, -0.1) is 0 Å². The van der Waals surface area contributed by atoms with Crippen molar-refractivity contribution in [2.45, 2.75) is 32.1 Å². The highest BCUT2D eigenvalue weighted by Gasteiger charge is 2.88. The summed E-state index contributed by atoms with van der Waals surface area (Å²) >= 11 is 5.98. The van der Waals surface area contributed by atoms with Gasteiger partial charge in [0.2, 0.25) is 0 Å². The number of nitrogens with zero attached hydrogens (tertiary/aromatic N) is 3. The van der Waals surface area contributed by atoms with Gasteiger partial charge in [-0.25, -0.2) is 4.79 Å². The molecular weight excluding hydrogens is 386 g/mol. The highest BCUT2D eigenvalue weighted by Crippen LogP contribution is 2.76. The summed E-state index contributed by atoms with van der Waals surface area (Å²) in [4.78, 5) is 17.9. The SMILES string of the molecule is CC(C)(C)c1ccc(C2C(C#N)(C#N)C23C(=O)ON=C3c2ccc(Cl)cc2)cc1. The number of hydrogen-bond donors (Lipinski definition) is 0. The van der Waals surface area contributed by atoms with Gasteiger partial charge in [-0.3, -0.25) is 0 Å². The van der Waals surface area contributed by atoms with Crippen LogP contribution in [0.4, 0.5) is 0 Å². The number of hydrogen-bond acceptors (Lipinski definition) is 5. The molecule has 0 saturated heterocycles. The number of halogens is 1. The van der Waals surface area contributed by atoms with Crippen molar-refractivity contribution in [1.82, 2.24) is 0 Å². The molecule has 2 aromatic rings. The standard InChI is InChI=1S/C23H18ClN3O2/c1-21(2,3)16-8-4-14(5-9-16)18-22(12-25,13-26)23(18)19(27-29-20(23)28)15-6-10-17(24)11-7-15/h4-11,18H,1-3H3. The fourth-order valence-electron chi connectivity index (χ4n) is 4.30. The molecule has 1 aliphatic carbocycles. The fourth-order valence-corrected chi connectivity index (χ4v) is 4.42. The maximum Gasteiger partial charge on any atom is 0.350 e. The molecule has 0 radical (unpaired) electrons. The van der Waals surface area contributed by atoms with Crippen LogP contribution in [0, 0.1) is 33.5 Å². The van der Waals surface area contributed by atoms with Gasteiger partial charge in [-0.2, -0.15) is 10.5 Å². The Bertz CT molecular complexity index is 1100. The Morgan fingerprint density at radius 2 is 1.62 bits per heavy atom. The molecule has 0 bridgehead atoms. The van der Waals surface area contributed by atoms with E-state index in [0.717, 1.165) is 11.1 Å². The summed E-state index contributed by atoms with van der Waals surface area (Å²) in [5.74, 6) is -1.33. The summed E-state index contributed by atoms with van der Waals surface area (Å²) in [6.07, 6.45) is 0. The van der Waals surface area contributed by atoms with E-state index in [1.54, 1.807) is 24.3 Å². The van der Waals surface area contributed by atoms with Crippen LogP contribution >= 0.6 is 11.6 Å². The van der Waals surface area contributed by atoms with Gasteiger partial charge in [-0.05, 0) is 28.7 Å². The first-order chi connectivity index (χ1) is 13.7. The largest absolute Gasteiger partial charge is 0.350 e. The second kappa shape index (κ2) is 6.17. The maximum absolute atomic E-state index is 12.9. The molecule has 0 N–H and O–H groups in total. The van der Waals surface area contributed by atoms with Crippen molar-refractivity contribution in [2.24, 2.45) is 16.0 Å². The molecule has 2 aliphatic rings. The number of nitriles is 2. The van der Waals surface area contributed by atoms with Crippen LogP contribution in [0.2, 0.25) is 5.02 Å². The summed E-state index contributed by atoms with van der Waals surface area (Å²) in [6.45, 7) is 6.32. The quantitative estimate of drug-likeness (QED) is 0.679. The lowest BCUT2D eigenvalue weighted by molar-refractivity contribution is -0.145. The minimum Gasteiger partial charge on any atom is -0.317 e. The van der Waals surface area contributed by atoms with Crippen molar-refractivity contribution < 1.29 is 9.63 Å². The predicted octanol–water partition coefficient (Wildman–Crippen LogP) is 4.72. The Morgan fingerprint density at radius 3 is 2.14 bits per heavy atom. The van der Waals surface area contributed by atoms with Crippen molar-refractivity contribution in [1.29, 1.82) is 10.5 Å². The van der Waals surface area contributed by atoms with Crippen LogP contribution in [0.1, 0.15) is 43.4 Å². The first-order valence-corrected chi connectivity index (χ1v) is 9.59. The van der Waals surface area contributed by atoms with E-state index < -0.39 is 22.7 Å². The van der Waals surface area contributed by atoms with E-state index in [1.165, 1.54) is 0 Å². The topological polar surface area (TPSA) is 86.2 Å². The number of rotatable bonds is 2. The van der Waals surface area contributed by atoms with E-state index in [1.807, 2.05) is 24.3 Å². The third-order valence-corrected chi connectivity index (χ3v) is 6.15. The van der Waals surface area contributed by atoms with Crippen LogP contribution < -0.4 is 0 Å². The summed E-state index contributed by atoms with van der Waals surface area (Å²) in [6, 6.07) is 18.7. The van der Waals surface area contributed by atoms with Crippen LogP contribution in [-0.2, 0) is 15.0 Å². The van der Waals surface area contributed by atoms with E-state index in [-0.39, 0.29) is 5.41 Å². The molecule has 29 heavy (non-hydrogen) atoms. The molecule has 2 aromatic carbocycles. The number of oxime groups is 1. The molecule has 0 aromatic heterocycles. The minimum absolute atomic E-state index is 0.0382. The second-order valence-electron chi connectivity index (χ2n) is 8.47. The van der Waals surface area contributed by atoms with Gasteiger partial charge in [0.15, 0.2) is 10.8 Å². The van der Waals surface area contributed by atoms with Crippen molar-refractivity contribution in [3.05, 3.63) is 70.2 Å². The monoisotopic (exact) mass is 403 g/mol. The van der Waals surface area contributed by atoms with Crippen molar-refractivity contribution in [3.63, 3.8) is 0 Å². The molecule has 1 spiro atoms. The lowest BCUT2D eigenvalue weighted by Crippen LogP contribution is -2.28. The molecule has 0 amide bonds. The van der Waals surface area contributed by atoms with E-state index in [9.17, 15) is 15.3 Å². The average Bonchev–Trinajstić information content (AvgIpc) is 3.18. The van der Waals surface area contributed by atoms with Gasteiger partial charge in [0, 0.05) is 16.5 Å². The number of carbonyl (C=O) groups excluding carboxylic acids is 1. The Kier molecular flexibility index (Phi) is 4.08. The van der Waals surface area contributed by atoms with Crippen LogP contribution in [0.15, 0.2) is 53.7 Å². The third kappa shape index (κ3) is 2.44. The summed E-state index contributed by atoms with van der Waals surface area (Å²) in [7, 11) is 0. The molecule has 5 nitrogen and oxygen atoms in total. The molecule has 144 valence electrons. The van der Waals surface area contributed by atoms with Crippen LogP contribution in [-0.4, -0.2) is 11.7 Å².